The van der Waals surface area contributed by atoms with E-state index in [4.69, 9.17) is 22.7 Å². The van der Waals surface area contributed by atoms with Gasteiger partial charge in [0.25, 0.3) is 0 Å². The van der Waals surface area contributed by atoms with Gasteiger partial charge >= 0.3 is 0 Å². The minimum atomic E-state index is -0.445. The van der Waals surface area contributed by atoms with Crippen molar-refractivity contribution in [2.24, 2.45) is 5.73 Å². The quantitative estimate of drug-likeness (QED) is 0.841. The second kappa shape index (κ2) is 6.28. The Labute approximate surface area is 128 Å². The molecule has 20 heavy (non-hydrogen) atoms. The number of hydrogen-bond acceptors (Lipinski definition) is 2. The molecule has 0 aromatic heterocycles. The third-order valence-corrected chi connectivity index (χ3v) is 3.49. The van der Waals surface area contributed by atoms with Crippen LogP contribution in [0.5, 0.6) is 5.75 Å². The van der Waals surface area contributed by atoms with Crippen LogP contribution in [-0.4, -0.2) is 4.99 Å². The predicted octanol–water partition coefficient (Wildman–Crippen LogP) is 3.94. The van der Waals surface area contributed by atoms with Crippen molar-refractivity contribution >= 4 is 33.1 Å². The summed E-state index contributed by atoms with van der Waals surface area (Å²) >= 11 is 7.88. The molecule has 2 nitrogen and oxygen atoms in total. The van der Waals surface area contributed by atoms with Crippen LogP contribution >= 0.6 is 28.1 Å². The smallest absolute Gasteiger partial charge is 0.141 e. The standard InChI is InChI=1S/C14H10BrF2NOS/c15-11-3-2-10(6-13(11)17)19-7-9-5-8(14(18)20)1-4-12(9)16/h1-6H,7H2,(H2,18,20). The highest BCUT2D eigenvalue weighted by Gasteiger charge is 2.07. The van der Waals surface area contributed by atoms with Crippen LogP contribution in [0.25, 0.3) is 0 Å². The Morgan fingerprint density at radius 2 is 1.90 bits per heavy atom. The molecule has 0 radical (unpaired) electrons. The minimum absolute atomic E-state index is 0.0383. The van der Waals surface area contributed by atoms with Crippen molar-refractivity contribution in [2.75, 3.05) is 0 Å². The third-order valence-electron chi connectivity index (χ3n) is 2.62. The average molecular weight is 358 g/mol. The summed E-state index contributed by atoms with van der Waals surface area (Å²) in [6.07, 6.45) is 0. The van der Waals surface area contributed by atoms with E-state index in [2.05, 4.69) is 15.9 Å². The molecular formula is C14H10BrF2NOS. The molecule has 0 atom stereocenters. The van der Waals surface area contributed by atoms with Gasteiger partial charge in [-0.3, -0.25) is 0 Å². The number of ether oxygens (including phenoxy) is 1. The molecule has 104 valence electrons. The molecule has 0 fully saturated rings. The SMILES string of the molecule is NC(=S)c1ccc(F)c(COc2ccc(Br)c(F)c2)c1. The molecule has 0 aliphatic heterocycles. The molecule has 2 rings (SSSR count). The van der Waals surface area contributed by atoms with Crippen LogP contribution in [0.2, 0.25) is 0 Å². The lowest BCUT2D eigenvalue weighted by Gasteiger charge is -2.09. The monoisotopic (exact) mass is 357 g/mol. The zero-order valence-corrected chi connectivity index (χ0v) is 12.6. The lowest BCUT2D eigenvalue weighted by Crippen LogP contribution is -2.10. The van der Waals surface area contributed by atoms with Crippen molar-refractivity contribution in [2.45, 2.75) is 6.61 Å². The van der Waals surface area contributed by atoms with E-state index in [1.54, 1.807) is 6.07 Å². The molecule has 0 amide bonds. The fraction of sp³-hybridized carbons (Fsp3) is 0.0714. The van der Waals surface area contributed by atoms with E-state index < -0.39 is 11.6 Å². The molecule has 2 aromatic carbocycles. The van der Waals surface area contributed by atoms with Crippen molar-refractivity contribution < 1.29 is 13.5 Å². The average Bonchev–Trinajstić information content (AvgIpc) is 2.41. The number of benzene rings is 2. The first-order valence-electron chi connectivity index (χ1n) is 5.63. The highest BCUT2D eigenvalue weighted by Crippen LogP contribution is 2.22. The summed E-state index contributed by atoms with van der Waals surface area (Å²) in [7, 11) is 0. The molecule has 0 spiro atoms. The molecule has 0 unspecified atom stereocenters. The zero-order valence-electron chi connectivity index (χ0n) is 10.2. The fourth-order valence-corrected chi connectivity index (χ4v) is 1.94. The maximum absolute atomic E-state index is 13.6. The lowest BCUT2D eigenvalue weighted by atomic mass is 10.1. The van der Waals surface area contributed by atoms with Gasteiger partial charge in [0, 0.05) is 17.2 Å². The largest absolute Gasteiger partial charge is 0.489 e. The normalized spacial score (nSPS) is 10.3. The number of hydrogen-bond donors (Lipinski definition) is 1. The van der Waals surface area contributed by atoms with Gasteiger partial charge in [0.1, 0.15) is 29.0 Å². The maximum atomic E-state index is 13.6. The highest BCUT2D eigenvalue weighted by molar-refractivity contribution is 9.10. The van der Waals surface area contributed by atoms with Gasteiger partial charge in [0.15, 0.2) is 0 Å². The van der Waals surface area contributed by atoms with Crippen LogP contribution in [0, 0.1) is 11.6 Å². The number of thiocarbonyl (C=S) groups is 1. The summed E-state index contributed by atoms with van der Waals surface area (Å²) in [5.41, 5.74) is 6.35. The number of nitrogens with two attached hydrogens (primary N) is 1. The second-order valence-electron chi connectivity index (χ2n) is 4.04. The van der Waals surface area contributed by atoms with Gasteiger partial charge in [-0.25, -0.2) is 8.78 Å². The Morgan fingerprint density at radius 3 is 2.55 bits per heavy atom. The van der Waals surface area contributed by atoms with E-state index in [1.165, 1.54) is 30.3 Å². The molecule has 0 saturated carbocycles. The molecule has 0 saturated heterocycles. The van der Waals surface area contributed by atoms with Gasteiger partial charge < -0.3 is 10.5 Å². The van der Waals surface area contributed by atoms with Gasteiger partial charge in [0.2, 0.25) is 0 Å². The van der Waals surface area contributed by atoms with Crippen LogP contribution < -0.4 is 10.5 Å². The van der Waals surface area contributed by atoms with E-state index in [9.17, 15) is 8.78 Å². The minimum Gasteiger partial charge on any atom is -0.489 e. The van der Waals surface area contributed by atoms with Crippen LogP contribution in [0.3, 0.4) is 0 Å². The summed E-state index contributed by atoms with van der Waals surface area (Å²) in [4.78, 5) is 0.181. The van der Waals surface area contributed by atoms with Crippen LogP contribution in [0.4, 0.5) is 8.78 Å². The molecule has 2 N–H and O–H groups in total. The topological polar surface area (TPSA) is 35.2 Å². The Hall–Kier alpha value is -1.53. The van der Waals surface area contributed by atoms with E-state index in [0.29, 0.717) is 21.3 Å². The molecule has 0 aliphatic rings. The van der Waals surface area contributed by atoms with Crippen molar-refractivity contribution in [1.82, 2.24) is 0 Å². The first kappa shape index (κ1) is 14.9. The van der Waals surface area contributed by atoms with Gasteiger partial charge in [-0.1, -0.05) is 12.2 Å². The fourth-order valence-electron chi connectivity index (χ4n) is 1.57. The zero-order chi connectivity index (χ0) is 14.7. The molecule has 0 aliphatic carbocycles. The van der Waals surface area contributed by atoms with Crippen molar-refractivity contribution in [3.8, 4) is 5.75 Å². The summed E-state index contributed by atoms with van der Waals surface area (Å²) in [5.74, 6) is -0.562. The number of halogens is 3. The Kier molecular flexibility index (Phi) is 4.67. The van der Waals surface area contributed by atoms with Crippen LogP contribution in [-0.2, 0) is 6.61 Å². The highest BCUT2D eigenvalue weighted by atomic mass is 79.9. The predicted molar refractivity (Wildman–Crippen MR) is 80.7 cm³/mol. The summed E-state index contributed by atoms with van der Waals surface area (Å²) in [5, 5.41) is 0. The molecule has 2 aromatic rings. The summed E-state index contributed by atoms with van der Waals surface area (Å²) < 4.78 is 32.7. The van der Waals surface area contributed by atoms with E-state index in [1.807, 2.05) is 0 Å². The second-order valence-corrected chi connectivity index (χ2v) is 5.33. The van der Waals surface area contributed by atoms with E-state index in [-0.39, 0.29) is 11.6 Å². The molecule has 0 heterocycles. The Bertz CT molecular complexity index is 664. The summed E-state index contributed by atoms with van der Waals surface area (Å²) in [6.45, 7) is -0.0383. The third kappa shape index (κ3) is 3.52. The maximum Gasteiger partial charge on any atom is 0.141 e. The van der Waals surface area contributed by atoms with Crippen molar-refractivity contribution in [3.63, 3.8) is 0 Å². The van der Waals surface area contributed by atoms with Gasteiger partial charge in [0.05, 0.1) is 4.47 Å². The van der Waals surface area contributed by atoms with E-state index in [0.717, 1.165) is 0 Å². The van der Waals surface area contributed by atoms with Gasteiger partial charge in [-0.05, 0) is 46.3 Å². The van der Waals surface area contributed by atoms with Crippen LogP contribution in [0.1, 0.15) is 11.1 Å². The number of rotatable bonds is 4. The van der Waals surface area contributed by atoms with Crippen molar-refractivity contribution in [3.05, 3.63) is 63.6 Å². The van der Waals surface area contributed by atoms with Crippen LogP contribution in [0.15, 0.2) is 40.9 Å². The van der Waals surface area contributed by atoms with Gasteiger partial charge in [-0.2, -0.15) is 0 Å². The Balaban J connectivity index is 2.15. The van der Waals surface area contributed by atoms with E-state index >= 15 is 0 Å². The first-order chi connectivity index (χ1) is 9.47. The molecule has 6 heteroatoms. The molecular weight excluding hydrogens is 348 g/mol. The summed E-state index contributed by atoms with van der Waals surface area (Å²) in [6, 6.07) is 8.62. The Morgan fingerprint density at radius 1 is 1.15 bits per heavy atom. The lowest BCUT2D eigenvalue weighted by molar-refractivity contribution is 0.298. The molecule has 0 bridgehead atoms. The first-order valence-corrected chi connectivity index (χ1v) is 6.83. The van der Waals surface area contributed by atoms with Crippen molar-refractivity contribution in [1.29, 1.82) is 0 Å². The van der Waals surface area contributed by atoms with Gasteiger partial charge in [-0.15, -0.1) is 0 Å².